The molecule has 0 spiro atoms. The molecule has 0 heterocycles. The van der Waals surface area contributed by atoms with E-state index in [-0.39, 0.29) is 5.82 Å². The van der Waals surface area contributed by atoms with Crippen molar-refractivity contribution in [1.29, 1.82) is 0 Å². The van der Waals surface area contributed by atoms with Crippen LogP contribution < -0.4 is 5.32 Å². The third kappa shape index (κ3) is 4.54. The van der Waals surface area contributed by atoms with Crippen LogP contribution in [0.25, 0.3) is 0 Å². The van der Waals surface area contributed by atoms with E-state index in [1.54, 1.807) is 19.2 Å². The Morgan fingerprint density at radius 1 is 1.25 bits per heavy atom. The van der Waals surface area contributed by atoms with Gasteiger partial charge < -0.3 is 15.0 Å². The summed E-state index contributed by atoms with van der Waals surface area (Å²) in [4.78, 5) is 2.27. The Labute approximate surface area is 121 Å². The minimum absolute atomic E-state index is 0.151. The zero-order chi connectivity index (χ0) is 14.4. The van der Waals surface area contributed by atoms with Gasteiger partial charge >= 0.3 is 0 Å². The van der Waals surface area contributed by atoms with Crippen LogP contribution in [0.2, 0.25) is 0 Å². The maximum Gasteiger partial charge on any atom is 0.123 e. The van der Waals surface area contributed by atoms with E-state index in [4.69, 9.17) is 4.74 Å². The van der Waals surface area contributed by atoms with Crippen molar-refractivity contribution in [3.8, 4) is 0 Å². The van der Waals surface area contributed by atoms with Gasteiger partial charge in [0.05, 0.1) is 6.61 Å². The minimum Gasteiger partial charge on any atom is -0.383 e. The van der Waals surface area contributed by atoms with Crippen molar-refractivity contribution >= 4 is 0 Å². The van der Waals surface area contributed by atoms with Crippen LogP contribution in [0.1, 0.15) is 24.3 Å². The monoisotopic (exact) mass is 280 g/mol. The van der Waals surface area contributed by atoms with Crippen molar-refractivity contribution in [1.82, 2.24) is 10.2 Å². The van der Waals surface area contributed by atoms with Gasteiger partial charge in [-0.2, -0.15) is 0 Å². The lowest BCUT2D eigenvalue weighted by atomic mass is 9.76. The number of nitrogens with zero attached hydrogens (tertiary/aromatic N) is 1. The molecule has 1 aliphatic carbocycles. The zero-order valence-corrected chi connectivity index (χ0v) is 12.4. The summed E-state index contributed by atoms with van der Waals surface area (Å²) in [5.41, 5.74) is 1.27. The van der Waals surface area contributed by atoms with Gasteiger partial charge in [-0.25, -0.2) is 4.39 Å². The normalized spacial score (nSPS) is 22.0. The highest BCUT2D eigenvalue weighted by Crippen LogP contribution is 2.36. The highest BCUT2D eigenvalue weighted by atomic mass is 19.1. The van der Waals surface area contributed by atoms with E-state index >= 15 is 0 Å². The number of ether oxygens (including phenoxy) is 1. The van der Waals surface area contributed by atoms with Crippen LogP contribution in [-0.2, 0) is 4.74 Å². The Bertz CT molecular complexity index is 390. The maximum atomic E-state index is 12.9. The first kappa shape index (κ1) is 15.4. The predicted molar refractivity (Wildman–Crippen MR) is 79.5 cm³/mol. The molecule has 0 saturated heterocycles. The highest BCUT2D eigenvalue weighted by Gasteiger charge is 2.29. The second-order valence-corrected chi connectivity index (χ2v) is 5.67. The molecule has 0 aromatic heterocycles. The van der Waals surface area contributed by atoms with E-state index in [9.17, 15) is 4.39 Å². The van der Waals surface area contributed by atoms with Gasteiger partial charge in [0, 0.05) is 32.8 Å². The molecule has 0 unspecified atom stereocenters. The molecule has 4 heteroatoms. The molecule has 0 radical (unpaired) electrons. The van der Waals surface area contributed by atoms with Gasteiger partial charge in [-0.3, -0.25) is 0 Å². The minimum atomic E-state index is -0.151. The van der Waals surface area contributed by atoms with E-state index in [1.807, 2.05) is 12.1 Å². The Kier molecular flexibility index (Phi) is 5.95. The van der Waals surface area contributed by atoms with E-state index in [2.05, 4.69) is 17.3 Å². The average molecular weight is 280 g/mol. The summed E-state index contributed by atoms with van der Waals surface area (Å²) < 4.78 is 17.9. The SMILES string of the molecule is COCCN(C)CCNC1CC(c2ccc(F)cc2)C1. The molecule has 1 saturated carbocycles. The largest absolute Gasteiger partial charge is 0.383 e. The summed E-state index contributed by atoms with van der Waals surface area (Å²) in [6.45, 7) is 3.82. The summed E-state index contributed by atoms with van der Waals surface area (Å²) in [7, 11) is 3.85. The molecule has 0 bridgehead atoms. The smallest absolute Gasteiger partial charge is 0.123 e. The summed E-state index contributed by atoms with van der Waals surface area (Å²) in [6.07, 6.45) is 2.32. The molecule has 0 amide bonds. The van der Waals surface area contributed by atoms with Crippen LogP contribution in [0.5, 0.6) is 0 Å². The van der Waals surface area contributed by atoms with E-state index in [1.165, 1.54) is 5.56 Å². The molecule has 0 aliphatic heterocycles. The number of rotatable bonds is 8. The molecule has 112 valence electrons. The fraction of sp³-hybridized carbons (Fsp3) is 0.625. The topological polar surface area (TPSA) is 24.5 Å². The van der Waals surface area contributed by atoms with Crippen LogP contribution in [0.3, 0.4) is 0 Å². The first-order valence-corrected chi connectivity index (χ1v) is 7.35. The predicted octanol–water partition coefficient (Wildman–Crippen LogP) is 2.24. The van der Waals surface area contributed by atoms with Crippen molar-refractivity contribution < 1.29 is 9.13 Å². The van der Waals surface area contributed by atoms with E-state index in [0.29, 0.717) is 12.0 Å². The van der Waals surface area contributed by atoms with Crippen LogP contribution in [0, 0.1) is 5.82 Å². The Morgan fingerprint density at radius 3 is 2.60 bits per heavy atom. The van der Waals surface area contributed by atoms with Crippen LogP contribution in [0.4, 0.5) is 4.39 Å². The van der Waals surface area contributed by atoms with Gasteiger partial charge in [-0.1, -0.05) is 12.1 Å². The Morgan fingerprint density at radius 2 is 1.95 bits per heavy atom. The van der Waals surface area contributed by atoms with E-state index in [0.717, 1.165) is 39.1 Å². The zero-order valence-electron chi connectivity index (χ0n) is 12.4. The standard InChI is InChI=1S/C16H25FN2O/c1-19(9-10-20-2)8-7-18-16-11-14(12-16)13-3-5-15(17)6-4-13/h3-6,14,16,18H,7-12H2,1-2H3. The lowest BCUT2D eigenvalue weighted by molar-refractivity contribution is 0.159. The van der Waals surface area contributed by atoms with Gasteiger partial charge in [-0.05, 0) is 43.5 Å². The average Bonchev–Trinajstić information content (AvgIpc) is 2.40. The van der Waals surface area contributed by atoms with Crippen molar-refractivity contribution in [2.75, 3.05) is 40.4 Å². The summed E-state index contributed by atoms with van der Waals surface area (Å²) in [6, 6.07) is 7.55. The molecule has 1 N–H and O–H groups in total. The lowest BCUT2D eigenvalue weighted by Gasteiger charge is -2.36. The molecule has 3 nitrogen and oxygen atoms in total. The van der Waals surface area contributed by atoms with Crippen LogP contribution in [0.15, 0.2) is 24.3 Å². The van der Waals surface area contributed by atoms with Gasteiger partial charge in [0.15, 0.2) is 0 Å². The number of methoxy groups -OCH3 is 1. The van der Waals surface area contributed by atoms with E-state index < -0.39 is 0 Å². The Hall–Kier alpha value is -0.970. The summed E-state index contributed by atoms with van der Waals surface area (Å²) in [5, 5.41) is 3.58. The molecule has 20 heavy (non-hydrogen) atoms. The first-order valence-electron chi connectivity index (χ1n) is 7.35. The third-order valence-electron chi connectivity index (χ3n) is 4.08. The highest BCUT2D eigenvalue weighted by molar-refractivity contribution is 5.23. The van der Waals surface area contributed by atoms with Crippen LogP contribution >= 0.6 is 0 Å². The number of hydrogen-bond acceptors (Lipinski definition) is 3. The van der Waals surface area contributed by atoms with Crippen molar-refractivity contribution in [2.45, 2.75) is 24.8 Å². The number of halogens is 1. The molecule has 1 fully saturated rings. The first-order chi connectivity index (χ1) is 9.69. The fourth-order valence-electron chi connectivity index (χ4n) is 2.61. The molecule has 2 rings (SSSR count). The number of nitrogens with one attached hydrogen (secondary N) is 1. The fourth-order valence-corrected chi connectivity index (χ4v) is 2.61. The molecular formula is C16H25FN2O. The van der Waals surface area contributed by atoms with Gasteiger partial charge in [0.25, 0.3) is 0 Å². The quantitative estimate of drug-likeness (QED) is 0.790. The second kappa shape index (κ2) is 7.72. The van der Waals surface area contributed by atoms with Crippen molar-refractivity contribution in [3.63, 3.8) is 0 Å². The maximum absolute atomic E-state index is 12.9. The van der Waals surface area contributed by atoms with Gasteiger partial charge in [-0.15, -0.1) is 0 Å². The van der Waals surface area contributed by atoms with Gasteiger partial charge in [0.2, 0.25) is 0 Å². The van der Waals surface area contributed by atoms with Gasteiger partial charge in [0.1, 0.15) is 5.82 Å². The summed E-state index contributed by atoms with van der Waals surface area (Å²) in [5.74, 6) is 0.446. The van der Waals surface area contributed by atoms with Crippen molar-refractivity contribution in [3.05, 3.63) is 35.6 Å². The molecule has 1 aromatic rings. The lowest BCUT2D eigenvalue weighted by Crippen LogP contribution is -2.43. The number of likely N-dealkylation sites (N-methyl/N-ethyl adjacent to an activating group) is 1. The third-order valence-corrected chi connectivity index (χ3v) is 4.08. The van der Waals surface area contributed by atoms with Crippen LogP contribution in [-0.4, -0.2) is 51.3 Å². The second-order valence-electron chi connectivity index (χ2n) is 5.67. The molecular weight excluding hydrogens is 255 g/mol. The Balaban J connectivity index is 1.59. The summed E-state index contributed by atoms with van der Waals surface area (Å²) >= 11 is 0. The molecule has 0 atom stereocenters. The number of hydrogen-bond donors (Lipinski definition) is 1. The molecule has 1 aromatic carbocycles. The number of benzene rings is 1. The van der Waals surface area contributed by atoms with Crippen molar-refractivity contribution in [2.24, 2.45) is 0 Å². The molecule has 1 aliphatic rings.